The Kier molecular flexibility index (Phi) is 6.91. The number of rotatable bonds is 5. The number of aromatic nitrogens is 3. The molecule has 37 heavy (non-hydrogen) atoms. The van der Waals surface area contributed by atoms with Crippen LogP contribution in [0, 0.1) is 6.92 Å². The minimum atomic E-state index is -4.59. The number of aryl methyl sites for hydroxylation is 1. The number of halogens is 6. The van der Waals surface area contributed by atoms with Gasteiger partial charge in [-0.2, -0.15) is 18.3 Å². The third-order valence-electron chi connectivity index (χ3n) is 5.73. The molecule has 5 rings (SSSR count). The van der Waals surface area contributed by atoms with Crippen LogP contribution < -0.4 is 4.74 Å². The summed E-state index contributed by atoms with van der Waals surface area (Å²) >= 11 is 15.4. The predicted octanol–water partition coefficient (Wildman–Crippen LogP) is 9.06. The Labute approximate surface area is 228 Å². The Morgan fingerprint density at radius 2 is 1.62 bits per heavy atom. The predicted molar refractivity (Wildman–Crippen MR) is 143 cm³/mol. The van der Waals surface area contributed by atoms with Crippen LogP contribution in [0.25, 0.3) is 28.0 Å². The van der Waals surface area contributed by atoms with Crippen LogP contribution >= 0.6 is 39.1 Å². The molecule has 10 heteroatoms. The Morgan fingerprint density at radius 3 is 2.27 bits per heavy atom. The van der Waals surface area contributed by atoms with E-state index in [1.165, 1.54) is 4.68 Å². The molecule has 0 saturated heterocycles. The fourth-order valence-corrected chi connectivity index (χ4v) is 4.53. The van der Waals surface area contributed by atoms with E-state index in [9.17, 15) is 13.2 Å². The molecule has 0 saturated carbocycles. The summed E-state index contributed by atoms with van der Waals surface area (Å²) in [6.07, 6.45) is -4.59. The average molecular weight is 607 g/mol. The second kappa shape index (κ2) is 10.0. The minimum absolute atomic E-state index is 0.0271. The smallest absolute Gasteiger partial charge is 0.417 e. The largest absolute Gasteiger partial charge is 0.489 e. The van der Waals surface area contributed by atoms with Crippen molar-refractivity contribution >= 4 is 50.2 Å². The SMILES string of the molecule is Cc1nn(-c2ccc(Br)cc2)c2nc(-c3ccc(OCc4ccc(Cl)c(Cl)c4)cc3)cc(C(F)(F)F)c12. The molecule has 0 amide bonds. The highest BCUT2D eigenvalue weighted by Gasteiger charge is 2.35. The van der Waals surface area contributed by atoms with E-state index in [0.717, 1.165) is 16.1 Å². The van der Waals surface area contributed by atoms with Gasteiger partial charge in [-0.3, -0.25) is 0 Å². The first-order valence-corrected chi connectivity index (χ1v) is 12.6. The molecule has 2 heterocycles. The Morgan fingerprint density at radius 1 is 0.919 bits per heavy atom. The topological polar surface area (TPSA) is 39.9 Å². The number of benzene rings is 3. The van der Waals surface area contributed by atoms with Gasteiger partial charge in [-0.25, -0.2) is 9.67 Å². The van der Waals surface area contributed by atoms with Gasteiger partial charge in [-0.1, -0.05) is 45.2 Å². The zero-order chi connectivity index (χ0) is 26.3. The van der Waals surface area contributed by atoms with Crippen molar-refractivity contribution in [2.45, 2.75) is 19.7 Å². The number of hydrogen-bond acceptors (Lipinski definition) is 3. The van der Waals surface area contributed by atoms with Crippen molar-refractivity contribution in [2.75, 3.05) is 0 Å². The van der Waals surface area contributed by atoms with Gasteiger partial charge >= 0.3 is 6.18 Å². The summed E-state index contributed by atoms with van der Waals surface area (Å²) in [7, 11) is 0. The number of ether oxygens (including phenoxy) is 1. The van der Waals surface area contributed by atoms with Gasteiger partial charge in [-0.15, -0.1) is 0 Å². The molecule has 0 aliphatic heterocycles. The number of fused-ring (bicyclic) bond motifs is 1. The summed E-state index contributed by atoms with van der Waals surface area (Å²) < 4.78 is 50.5. The summed E-state index contributed by atoms with van der Waals surface area (Å²) in [6.45, 7) is 1.80. The normalized spacial score (nSPS) is 11.8. The Hall–Kier alpha value is -3.07. The third kappa shape index (κ3) is 5.32. The van der Waals surface area contributed by atoms with E-state index >= 15 is 0 Å². The molecule has 4 nitrogen and oxygen atoms in total. The molecule has 188 valence electrons. The molecule has 2 aromatic heterocycles. The second-order valence-electron chi connectivity index (χ2n) is 8.29. The molecule has 0 atom stereocenters. The van der Waals surface area contributed by atoms with Crippen molar-refractivity contribution in [1.82, 2.24) is 14.8 Å². The van der Waals surface area contributed by atoms with E-state index < -0.39 is 11.7 Å². The molecular formula is C27H17BrCl2F3N3O. The number of hydrogen-bond donors (Lipinski definition) is 0. The zero-order valence-corrected chi connectivity index (χ0v) is 22.3. The highest BCUT2D eigenvalue weighted by molar-refractivity contribution is 9.10. The van der Waals surface area contributed by atoms with Gasteiger partial charge in [0.25, 0.3) is 0 Å². The molecule has 0 spiro atoms. The molecule has 0 bridgehead atoms. The average Bonchev–Trinajstić information content (AvgIpc) is 3.20. The maximum Gasteiger partial charge on any atom is 0.417 e. The van der Waals surface area contributed by atoms with Crippen LogP contribution in [-0.2, 0) is 12.8 Å². The minimum Gasteiger partial charge on any atom is -0.489 e. The van der Waals surface area contributed by atoms with Crippen LogP contribution in [0.1, 0.15) is 16.8 Å². The van der Waals surface area contributed by atoms with E-state index in [1.54, 1.807) is 73.7 Å². The van der Waals surface area contributed by atoms with E-state index in [4.69, 9.17) is 27.9 Å². The van der Waals surface area contributed by atoms with Gasteiger partial charge in [0.15, 0.2) is 5.65 Å². The van der Waals surface area contributed by atoms with Crippen LogP contribution in [0.4, 0.5) is 13.2 Å². The maximum atomic E-state index is 14.1. The zero-order valence-electron chi connectivity index (χ0n) is 19.2. The summed E-state index contributed by atoms with van der Waals surface area (Å²) in [5.74, 6) is 0.544. The standard InChI is InChI=1S/C27H17BrCl2F3N3O/c1-15-25-21(27(31,32)33)13-24(34-26(25)36(35-15)19-7-5-18(28)6-8-19)17-3-9-20(10-4-17)37-14-16-2-11-22(29)23(30)12-16/h2-13H,14H2,1H3. The number of alkyl halides is 3. The van der Waals surface area contributed by atoms with Gasteiger partial charge in [0.2, 0.25) is 0 Å². The van der Waals surface area contributed by atoms with Crippen molar-refractivity contribution in [1.29, 1.82) is 0 Å². The molecular weight excluding hydrogens is 590 g/mol. The lowest BCUT2D eigenvalue weighted by Gasteiger charge is -2.12. The molecule has 5 aromatic rings. The third-order valence-corrected chi connectivity index (χ3v) is 7.00. The van der Waals surface area contributed by atoms with Gasteiger partial charge in [0, 0.05) is 10.0 Å². The van der Waals surface area contributed by atoms with Crippen LogP contribution in [0.5, 0.6) is 5.75 Å². The summed E-state index contributed by atoms with van der Waals surface area (Å²) in [6, 6.07) is 20.1. The molecule has 0 radical (unpaired) electrons. The van der Waals surface area contributed by atoms with E-state index in [1.807, 2.05) is 0 Å². The molecule has 0 aliphatic rings. The molecule has 0 N–H and O–H groups in total. The van der Waals surface area contributed by atoms with E-state index in [0.29, 0.717) is 27.0 Å². The van der Waals surface area contributed by atoms with E-state index in [2.05, 4.69) is 26.0 Å². The van der Waals surface area contributed by atoms with Gasteiger partial charge < -0.3 is 4.74 Å². The Balaban J connectivity index is 1.52. The quantitative estimate of drug-likeness (QED) is 0.200. The fourth-order valence-electron chi connectivity index (χ4n) is 3.94. The van der Waals surface area contributed by atoms with Crippen molar-refractivity contribution in [2.24, 2.45) is 0 Å². The van der Waals surface area contributed by atoms with Crippen molar-refractivity contribution in [3.63, 3.8) is 0 Å². The molecule has 3 aromatic carbocycles. The van der Waals surface area contributed by atoms with Crippen LogP contribution in [0.2, 0.25) is 10.0 Å². The first-order chi connectivity index (χ1) is 17.6. The first kappa shape index (κ1) is 25.6. The van der Waals surface area contributed by atoms with Crippen molar-refractivity contribution < 1.29 is 17.9 Å². The summed E-state index contributed by atoms with van der Waals surface area (Å²) in [5, 5.41) is 5.23. The molecule has 0 fully saturated rings. The van der Waals surface area contributed by atoms with Crippen LogP contribution in [-0.4, -0.2) is 14.8 Å². The second-order valence-corrected chi connectivity index (χ2v) is 10.0. The summed E-state index contributed by atoms with van der Waals surface area (Å²) in [4.78, 5) is 4.60. The molecule has 0 aliphatic carbocycles. The van der Waals surface area contributed by atoms with Crippen LogP contribution in [0.3, 0.4) is 0 Å². The lowest BCUT2D eigenvalue weighted by molar-refractivity contribution is -0.136. The lowest BCUT2D eigenvalue weighted by atomic mass is 10.0. The number of nitrogens with zero attached hydrogens (tertiary/aromatic N) is 3. The fraction of sp³-hybridized carbons (Fsp3) is 0.111. The highest BCUT2D eigenvalue weighted by Crippen LogP contribution is 2.39. The first-order valence-electron chi connectivity index (χ1n) is 11.0. The lowest BCUT2D eigenvalue weighted by Crippen LogP contribution is -2.08. The van der Waals surface area contributed by atoms with Crippen molar-refractivity contribution in [3.8, 4) is 22.7 Å². The molecule has 0 unspecified atom stereocenters. The van der Waals surface area contributed by atoms with Crippen molar-refractivity contribution in [3.05, 3.63) is 104 Å². The van der Waals surface area contributed by atoms with E-state index in [-0.39, 0.29) is 29.0 Å². The van der Waals surface area contributed by atoms with Gasteiger partial charge in [0.1, 0.15) is 12.4 Å². The highest BCUT2D eigenvalue weighted by atomic mass is 79.9. The van der Waals surface area contributed by atoms with Gasteiger partial charge in [0.05, 0.1) is 38.1 Å². The monoisotopic (exact) mass is 605 g/mol. The van der Waals surface area contributed by atoms with Crippen LogP contribution in [0.15, 0.2) is 77.3 Å². The summed E-state index contributed by atoms with van der Waals surface area (Å²) in [5.41, 5.74) is 1.71. The van der Waals surface area contributed by atoms with Gasteiger partial charge in [-0.05, 0) is 79.2 Å². The number of pyridine rings is 1. The maximum absolute atomic E-state index is 14.1. The Bertz CT molecular complexity index is 1600.